The van der Waals surface area contributed by atoms with Gasteiger partial charge in [0.2, 0.25) is 0 Å². The molecule has 1 aromatic heterocycles. The lowest BCUT2D eigenvalue weighted by Crippen LogP contribution is -2.08. The Morgan fingerprint density at radius 2 is 2.00 bits per heavy atom. The molecule has 0 spiro atoms. The number of nitrogens with zero attached hydrogens (tertiary/aromatic N) is 3. The lowest BCUT2D eigenvalue weighted by atomic mass is 10.1. The number of benzene rings is 1. The fourth-order valence-corrected chi connectivity index (χ4v) is 1.93. The van der Waals surface area contributed by atoms with Crippen molar-refractivity contribution in [1.29, 1.82) is 0 Å². The van der Waals surface area contributed by atoms with Crippen molar-refractivity contribution >= 4 is 0 Å². The number of hydrogen-bond acceptors (Lipinski definition) is 5. The predicted octanol–water partition coefficient (Wildman–Crippen LogP) is 1.11. The van der Waals surface area contributed by atoms with Crippen LogP contribution in [0.3, 0.4) is 0 Å². The summed E-state index contributed by atoms with van der Waals surface area (Å²) in [6.07, 6.45) is 1.37. The molecule has 0 amide bonds. The van der Waals surface area contributed by atoms with Gasteiger partial charge in [0.15, 0.2) is 11.5 Å². The molecule has 102 valence electrons. The summed E-state index contributed by atoms with van der Waals surface area (Å²) in [5, 5.41) is 17.7. The maximum Gasteiger partial charge on any atom is 0.160 e. The SMILES string of the molecule is COc1ccc(CC(O)c2cnnn2C)cc1OC. The van der Waals surface area contributed by atoms with Crippen LogP contribution in [-0.2, 0) is 13.5 Å². The van der Waals surface area contributed by atoms with Crippen LogP contribution >= 0.6 is 0 Å². The fourth-order valence-electron chi connectivity index (χ4n) is 1.93. The van der Waals surface area contributed by atoms with Gasteiger partial charge in [0.1, 0.15) is 6.10 Å². The van der Waals surface area contributed by atoms with Crippen LogP contribution in [0.1, 0.15) is 17.4 Å². The average molecular weight is 263 g/mol. The molecule has 19 heavy (non-hydrogen) atoms. The van der Waals surface area contributed by atoms with E-state index in [0.717, 1.165) is 5.56 Å². The fraction of sp³-hybridized carbons (Fsp3) is 0.385. The highest BCUT2D eigenvalue weighted by atomic mass is 16.5. The highest BCUT2D eigenvalue weighted by Crippen LogP contribution is 2.29. The molecule has 1 N–H and O–H groups in total. The van der Waals surface area contributed by atoms with Gasteiger partial charge >= 0.3 is 0 Å². The normalized spacial score (nSPS) is 12.2. The zero-order valence-electron chi connectivity index (χ0n) is 11.2. The summed E-state index contributed by atoms with van der Waals surface area (Å²) in [6, 6.07) is 5.57. The number of aryl methyl sites for hydroxylation is 1. The van der Waals surface area contributed by atoms with Gasteiger partial charge in [-0.05, 0) is 17.7 Å². The third-order valence-corrected chi connectivity index (χ3v) is 2.97. The number of ether oxygens (including phenoxy) is 2. The third-order valence-electron chi connectivity index (χ3n) is 2.97. The van der Waals surface area contributed by atoms with Crippen LogP contribution in [0.15, 0.2) is 24.4 Å². The van der Waals surface area contributed by atoms with E-state index in [-0.39, 0.29) is 0 Å². The van der Waals surface area contributed by atoms with E-state index in [0.29, 0.717) is 23.6 Å². The summed E-state index contributed by atoms with van der Waals surface area (Å²) < 4.78 is 12.0. The van der Waals surface area contributed by atoms with Crippen LogP contribution < -0.4 is 9.47 Å². The number of aliphatic hydroxyl groups excluding tert-OH is 1. The Hall–Kier alpha value is -2.08. The smallest absolute Gasteiger partial charge is 0.160 e. The van der Waals surface area contributed by atoms with E-state index in [1.54, 1.807) is 32.1 Å². The predicted molar refractivity (Wildman–Crippen MR) is 69.2 cm³/mol. The van der Waals surface area contributed by atoms with Crippen molar-refractivity contribution in [3.05, 3.63) is 35.7 Å². The van der Waals surface area contributed by atoms with E-state index in [9.17, 15) is 5.11 Å². The lowest BCUT2D eigenvalue weighted by Gasteiger charge is -2.13. The van der Waals surface area contributed by atoms with Gasteiger partial charge < -0.3 is 14.6 Å². The van der Waals surface area contributed by atoms with Crippen molar-refractivity contribution in [2.75, 3.05) is 14.2 Å². The van der Waals surface area contributed by atoms with E-state index < -0.39 is 6.10 Å². The maximum absolute atomic E-state index is 10.2. The summed E-state index contributed by atoms with van der Waals surface area (Å²) in [5.74, 6) is 1.32. The zero-order chi connectivity index (χ0) is 13.8. The van der Waals surface area contributed by atoms with Crippen LogP contribution in [0, 0.1) is 0 Å². The van der Waals surface area contributed by atoms with Crippen molar-refractivity contribution < 1.29 is 14.6 Å². The molecule has 1 aromatic carbocycles. The van der Waals surface area contributed by atoms with Crippen molar-refractivity contribution in [2.45, 2.75) is 12.5 Å². The molecule has 1 heterocycles. The summed E-state index contributed by atoms with van der Waals surface area (Å²) in [7, 11) is 4.93. The van der Waals surface area contributed by atoms with Gasteiger partial charge in [-0.1, -0.05) is 11.3 Å². The second kappa shape index (κ2) is 5.71. The maximum atomic E-state index is 10.2. The standard InChI is InChI=1S/C13H17N3O3/c1-16-10(8-14-15-16)11(17)6-9-4-5-12(18-2)13(7-9)19-3/h4-5,7-8,11,17H,6H2,1-3H3. The van der Waals surface area contributed by atoms with Crippen molar-refractivity contribution in [1.82, 2.24) is 15.0 Å². The molecule has 1 unspecified atom stereocenters. The molecule has 0 radical (unpaired) electrons. The molecule has 6 heteroatoms. The van der Waals surface area contributed by atoms with Crippen molar-refractivity contribution in [3.63, 3.8) is 0 Å². The van der Waals surface area contributed by atoms with Gasteiger partial charge in [-0.3, -0.25) is 0 Å². The van der Waals surface area contributed by atoms with Gasteiger partial charge in [0.05, 0.1) is 26.1 Å². The van der Waals surface area contributed by atoms with E-state index in [1.807, 2.05) is 18.2 Å². The molecule has 1 atom stereocenters. The Kier molecular flexibility index (Phi) is 4.01. The highest BCUT2D eigenvalue weighted by molar-refractivity contribution is 5.43. The molecule has 0 saturated heterocycles. The summed E-state index contributed by atoms with van der Waals surface area (Å²) in [6.45, 7) is 0. The Balaban J connectivity index is 2.17. The topological polar surface area (TPSA) is 69.4 Å². The Morgan fingerprint density at radius 3 is 2.58 bits per heavy atom. The van der Waals surface area contributed by atoms with Gasteiger partial charge in [-0.15, -0.1) is 5.10 Å². The van der Waals surface area contributed by atoms with E-state index in [2.05, 4.69) is 10.3 Å². The number of aromatic nitrogens is 3. The van der Waals surface area contributed by atoms with Crippen LogP contribution in [0.25, 0.3) is 0 Å². The molecule has 0 bridgehead atoms. The van der Waals surface area contributed by atoms with Gasteiger partial charge in [0, 0.05) is 13.5 Å². The first-order chi connectivity index (χ1) is 9.15. The van der Waals surface area contributed by atoms with Gasteiger partial charge in [-0.2, -0.15) is 0 Å². The molecule has 2 rings (SSSR count). The Morgan fingerprint density at radius 1 is 1.26 bits per heavy atom. The van der Waals surface area contributed by atoms with Crippen molar-refractivity contribution in [2.24, 2.45) is 7.05 Å². The van der Waals surface area contributed by atoms with Crippen molar-refractivity contribution in [3.8, 4) is 11.5 Å². The minimum Gasteiger partial charge on any atom is -0.493 e. The van der Waals surface area contributed by atoms with E-state index >= 15 is 0 Å². The summed E-state index contributed by atoms with van der Waals surface area (Å²) in [4.78, 5) is 0. The molecule has 0 aliphatic heterocycles. The van der Waals surface area contributed by atoms with Crippen LogP contribution in [0.4, 0.5) is 0 Å². The first-order valence-corrected chi connectivity index (χ1v) is 5.89. The monoisotopic (exact) mass is 263 g/mol. The second-order valence-electron chi connectivity index (χ2n) is 4.19. The van der Waals surface area contributed by atoms with Crippen LogP contribution in [-0.4, -0.2) is 34.3 Å². The second-order valence-corrected chi connectivity index (χ2v) is 4.19. The van der Waals surface area contributed by atoms with Gasteiger partial charge in [0.25, 0.3) is 0 Å². The minimum atomic E-state index is -0.655. The molecular formula is C13H17N3O3. The third kappa shape index (κ3) is 2.85. The quantitative estimate of drug-likeness (QED) is 0.875. The average Bonchev–Trinajstić information content (AvgIpc) is 2.85. The van der Waals surface area contributed by atoms with E-state index in [1.165, 1.54) is 0 Å². The van der Waals surface area contributed by atoms with Crippen LogP contribution in [0.5, 0.6) is 11.5 Å². The van der Waals surface area contributed by atoms with Gasteiger partial charge in [-0.25, -0.2) is 4.68 Å². The largest absolute Gasteiger partial charge is 0.493 e. The Bertz CT molecular complexity index is 554. The molecule has 0 aliphatic rings. The summed E-state index contributed by atoms with van der Waals surface area (Å²) in [5.41, 5.74) is 1.63. The molecule has 0 saturated carbocycles. The molecule has 2 aromatic rings. The molecule has 0 aliphatic carbocycles. The molecule has 6 nitrogen and oxygen atoms in total. The zero-order valence-corrected chi connectivity index (χ0v) is 11.2. The highest BCUT2D eigenvalue weighted by Gasteiger charge is 2.14. The summed E-state index contributed by atoms with van der Waals surface area (Å²) >= 11 is 0. The number of hydrogen-bond donors (Lipinski definition) is 1. The van der Waals surface area contributed by atoms with E-state index in [4.69, 9.17) is 9.47 Å². The minimum absolute atomic E-state index is 0.460. The molecular weight excluding hydrogens is 246 g/mol. The Labute approximate surface area is 111 Å². The first kappa shape index (κ1) is 13.4. The first-order valence-electron chi connectivity index (χ1n) is 5.89. The number of aliphatic hydroxyl groups is 1. The molecule has 0 fully saturated rings. The number of methoxy groups -OCH3 is 2. The number of rotatable bonds is 5. The lowest BCUT2D eigenvalue weighted by molar-refractivity contribution is 0.168. The van der Waals surface area contributed by atoms with Crippen LogP contribution in [0.2, 0.25) is 0 Å².